The highest BCUT2D eigenvalue weighted by molar-refractivity contribution is 5.69. The molecule has 2 rings (SSSR count). The van der Waals surface area contributed by atoms with Crippen molar-refractivity contribution in [2.24, 2.45) is 0 Å². The lowest BCUT2D eigenvalue weighted by atomic mass is 9.88. The Morgan fingerprint density at radius 1 is 1.00 bits per heavy atom. The number of hydrogen-bond acceptors (Lipinski definition) is 1. The molecule has 0 amide bonds. The minimum Gasteiger partial charge on any atom is -0.290 e. The van der Waals surface area contributed by atoms with Crippen molar-refractivity contribution < 1.29 is 4.79 Å². The normalized spacial score (nSPS) is 12.1. The summed E-state index contributed by atoms with van der Waals surface area (Å²) in [4.78, 5) is 11.2. The first kappa shape index (κ1) is 11.6. The molecule has 1 unspecified atom stereocenters. The molecule has 0 aliphatic rings. The van der Waals surface area contributed by atoms with Gasteiger partial charge in [0.25, 0.3) is 0 Å². The molecule has 0 aliphatic carbocycles. The molecule has 0 N–H and O–H groups in total. The zero-order valence-electron chi connectivity index (χ0n) is 9.89. The van der Waals surface area contributed by atoms with E-state index in [1.54, 1.807) is 0 Å². The van der Waals surface area contributed by atoms with Gasteiger partial charge >= 0.3 is 0 Å². The van der Waals surface area contributed by atoms with Gasteiger partial charge in [-0.2, -0.15) is 0 Å². The third-order valence-corrected chi connectivity index (χ3v) is 3.00. The minimum absolute atomic E-state index is 0.271. The Bertz CT molecular complexity index is 488. The second-order valence-corrected chi connectivity index (χ2v) is 4.01. The van der Waals surface area contributed by atoms with Gasteiger partial charge in [0.15, 0.2) is 0 Å². The van der Waals surface area contributed by atoms with Gasteiger partial charge in [-0.3, -0.25) is 4.79 Å². The van der Waals surface area contributed by atoms with E-state index in [9.17, 15) is 4.79 Å². The molecule has 1 radical (unpaired) electrons. The Morgan fingerprint density at radius 3 is 2.29 bits per heavy atom. The molecule has 0 fully saturated rings. The number of benzene rings is 2. The summed E-state index contributed by atoms with van der Waals surface area (Å²) >= 11 is 0. The number of rotatable bonds is 4. The lowest BCUT2D eigenvalue weighted by Crippen LogP contribution is -2.05. The van der Waals surface area contributed by atoms with Crippen LogP contribution in [0.2, 0.25) is 0 Å². The van der Waals surface area contributed by atoms with Crippen LogP contribution in [-0.2, 0) is 11.2 Å². The highest BCUT2D eigenvalue weighted by Crippen LogP contribution is 2.25. The van der Waals surface area contributed by atoms with Gasteiger partial charge in [-0.25, -0.2) is 0 Å². The number of aryl methyl sites for hydroxylation is 1. The molecule has 0 bridgehead atoms. The van der Waals surface area contributed by atoms with Crippen LogP contribution in [0.15, 0.2) is 54.6 Å². The van der Waals surface area contributed by atoms with Crippen molar-refractivity contribution in [1.29, 1.82) is 0 Å². The van der Waals surface area contributed by atoms with Crippen LogP contribution in [0.5, 0.6) is 0 Å². The summed E-state index contributed by atoms with van der Waals surface area (Å²) in [6.07, 6.45) is 3.09. The maximum atomic E-state index is 11.2. The van der Waals surface area contributed by atoms with Crippen molar-refractivity contribution >= 4 is 6.29 Å². The highest BCUT2D eigenvalue weighted by atomic mass is 16.1. The smallest absolute Gasteiger partial charge is 0.211 e. The summed E-state index contributed by atoms with van der Waals surface area (Å²) in [5, 5.41) is 0. The monoisotopic (exact) mass is 223 g/mol. The summed E-state index contributed by atoms with van der Waals surface area (Å²) < 4.78 is 0. The fourth-order valence-electron chi connectivity index (χ4n) is 2.09. The van der Waals surface area contributed by atoms with Crippen LogP contribution in [0.3, 0.4) is 0 Å². The molecule has 0 heterocycles. The molecule has 1 atom stereocenters. The predicted molar refractivity (Wildman–Crippen MR) is 69.8 cm³/mol. The van der Waals surface area contributed by atoms with E-state index in [4.69, 9.17) is 0 Å². The van der Waals surface area contributed by atoms with Crippen molar-refractivity contribution in [3.8, 4) is 0 Å². The summed E-state index contributed by atoms with van der Waals surface area (Å²) in [6.45, 7) is 2.10. The van der Waals surface area contributed by atoms with Gasteiger partial charge < -0.3 is 0 Å². The van der Waals surface area contributed by atoms with E-state index >= 15 is 0 Å². The average Bonchev–Trinajstić information content (AvgIpc) is 2.41. The summed E-state index contributed by atoms with van der Waals surface area (Å²) in [6, 6.07) is 17.9. The third kappa shape index (κ3) is 2.44. The average molecular weight is 223 g/mol. The molecule has 0 spiro atoms. The largest absolute Gasteiger partial charge is 0.290 e. The summed E-state index contributed by atoms with van der Waals surface area (Å²) in [5.41, 5.74) is 3.28. The van der Waals surface area contributed by atoms with Crippen LogP contribution in [0.1, 0.15) is 29.5 Å². The first-order valence-corrected chi connectivity index (χ1v) is 5.87. The fraction of sp³-hybridized carbons (Fsp3) is 0.188. The molecule has 1 nitrogen and oxygen atoms in total. The predicted octanol–water partition coefficient (Wildman–Crippen LogP) is 3.49. The molecule has 1 heteroatoms. The maximum absolute atomic E-state index is 11.2. The van der Waals surface area contributed by atoms with Gasteiger partial charge in [0.2, 0.25) is 6.29 Å². The van der Waals surface area contributed by atoms with Crippen molar-refractivity contribution in [2.75, 3.05) is 0 Å². The van der Waals surface area contributed by atoms with E-state index in [0.29, 0.717) is 0 Å². The second kappa shape index (κ2) is 5.44. The molecule has 0 aromatic heterocycles. The Labute approximate surface area is 102 Å². The standard InChI is InChI=1S/C16H15O/c1-2-13-8-6-7-11-15(13)16(12-17)14-9-4-3-5-10-14/h3-11,16H,2H2,1H3. The summed E-state index contributed by atoms with van der Waals surface area (Å²) in [7, 11) is 0. The molecule has 0 saturated heterocycles. The molecule has 2 aromatic rings. The Morgan fingerprint density at radius 2 is 1.65 bits per heavy atom. The van der Waals surface area contributed by atoms with Gasteiger partial charge in [0, 0.05) is 0 Å². The molecule has 2 aromatic carbocycles. The minimum atomic E-state index is -0.271. The lowest BCUT2D eigenvalue weighted by molar-refractivity contribution is 0.549. The van der Waals surface area contributed by atoms with Crippen LogP contribution < -0.4 is 0 Å². The highest BCUT2D eigenvalue weighted by Gasteiger charge is 2.16. The maximum Gasteiger partial charge on any atom is 0.211 e. The van der Waals surface area contributed by atoms with Crippen LogP contribution in [0.4, 0.5) is 0 Å². The zero-order valence-corrected chi connectivity index (χ0v) is 9.89. The zero-order chi connectivity index (χ0) is 12.1. The molecule has 0 aliphatic heterocycles. The van der Waals surface area contributed by atoms with Crippen LogP contribution in [-0.4, -0.2) is 6.29 Å². The second-order valence-electron chi connectivity index (χ2n) is 4.01. The van der Waals surface area contributed by atoms with Crippen molar-refractivity contribution in [3.05, 3.63) is 71.3 Å². The van der Waals surface area contributed by atoms with E-state index in [-0.39, 0.29) is 5.92 Å². The van der Waals surface area contributed by atoms with Crippen molar-refractivity contribution in [1.82, 2.24) is 0 Å². The molecule has 17 heavy (non-hydrogen) atoms. The van der Waals surface area contributed by atoms with Crippen LogP contribution in [0, 0.1) is 0 Å². The Kier molecular flexibility index (Phi) is 3.71. The van der Waals surface area contributed by atoms with Gasteiger partial charge in [0.05, 0.1) is 5.92 Å². The SMILES string of the molecule is CCc1ccccc1C([C]=O)c1ccccc1. The summed E-state index contributed by atoms with van der Waals surface area (Å²) in [5.74, 6) is -0.271. The first-order valence-electron chi connectivity index (χ1n) is 5.87. The van der Waals surface area contributed by atoms with E-state index in [2.05, 4.69) is 19.3 Å². The van der Waals surface area contributed by atoms with Gasteiger partial charge in [-0.05, 0) is 23.1 Å². The lowest BCUT2D eigenvalue weighted by Gasteiger charge is -2.14. The van der Waals surface area contributed by atoms with Gasteiger partial charge in [0.1, 0.15) is 0 Å². The Balaban J connectivity index is 2.46. The molecular weight excluding hydrogens is 208 g/mol. The molecule has 85 valence electrons. The van der Waals surface area contributed by atoms with Gasteiger partial charge in [-0.15, -0.1) is 0 Å². The number of carbonyl (C=O) groups excluding carboxylic acids is 1. The molecule has 0 saturated carbocycles. The third-order valence-electron chi connectivity index (χ3n) is 3.00. The van der Waals surface area contributed by atoms with E-state index in [1.165, 1.54) is 5.56 Å². The van der Waals surface area contributed by atoms with Gasteiger partial charge in [-0.1, -0.05) is 61.5 Å². The van der Waals surface area contributed by atoms with E-state index in [1.807, 2.05) is 48.5 Å². The first-order chi connectivity index (χ1) is 8.36. The topological polar surface area (TPSA) is 17.1 Å². The molecular formula is C16H15O. The number of hydrogen-bond donors (Lipinski definition) is 0. The van der Waals surface area contributed by atoms with Crippen molar-refractivity contribution in [3.63, 3.8) is 0 Å². The van der Waals surface area contributed by atoms with Crippen LogP contribution in [0.25, 0.3) is 0 Å². The fourth-order valence-corrected chi connectivity index (χ4v) is 2.09. The van der Waals surface area contributed by atoms with E-state index < -0.39 is 0 Å². The van der Waals surface area contributed by atoms with Crippen molar-refractivity contribution in [2.45, 2.75) is 19.3 Å². The van der Waals surface area contributed by atoms with E-state index in [0.717, 1.165) is 17.5 Å². The van der Waals surface area contributed by atoms with Crippen LogP contribution >= 0.6 is 0 Å². The Hall–Kier alpha value is -1.89. The quantitative estimate of drug-likeness (QED) is 0.775.